The zero-order valence-corrected chi connectivity index (χ0v) is 10.7. The Morgan fingerprint density at radius 3 is 2.78 bits per heavy atom. The zero-order chi connectivity index (χ0) is 13.4. The summed E-state index contributed by atoms with van der Waals surface area (Å²) in [7, 11) is 1.57. The monoisotopic (exact) mass is 259 g/mol. The number of methoxy groups -OCH3 is 1. The highest BCUT2D eigenvalue weighted by molar-refractivity contribution is 5.87. The average Bonchev–Trinajstić information content (AvgIpc) is 2.78. The first-order valence-corrected chi connectivity index (χ1v) is 5.99. The van der Waals surface area contributed by atoms with Gasteiger partial charge < -0.3 is 25.8 Å². The van der Waals surface area contributed by atoms with Crippen molar-refractivity contribution < 1.29 is 19.1 Å². The van der Waals surface area contributed by atoms with Crippen molar-refractivity contribution in [2.24, 2.45) is 5.73 Å². The van der Waals surface area contributed by atoms with Crippen molar-refractivity contribution in [3.05, 3.63) is 0 Å². The van der Waals surface area contributed by atoms with Crippen LogP contribution in [0, 0.1) is 0 Å². The van der Waals surface area contributed by atoms with Crippen LogP contribution in [0.15, 0.2) is 0 Å². The fraction of sp³-hybridized carbons (Fsp3) is 0.818. The largest absolute Gasteiger partial charge is 0.383 e. The number of amides is 2. The van der Waals surface area contributed by atoms with Crippen LogP contribution in [0.5, 0.6) is 0 Å². The summed E-state index contributed by atoms with van der Waals surface area (Å²) in [5, 5.41) is 5.32. The Labute approximate surface area is 106 Å². The third-order valence-corrected chi connectivity index (χ3v) is 2.77. The molecular weight excluding hydrogens is 238 g/mol. The van der Waals surface area contributed by atoms with Crippen molar-refractivity contribution in [2.45, 2.75) is 18.4 Å². The van der Waals surface area contributed by atoms with Gasteiger partial charge in [0.2, 0.25) is 11.8 Å². The van der Waals surface area contributed by atoms with E-state index in [4.69, 9.17) is 15.2 Å². The topological polar surface area (TPSA) is 103 Å². The number of carbonyl (C=O) groups is 2. The molecule has 4 N–H and O–H groups in total. The first-order valence-electron chi connectivity index (χ1n) is 5.99. The molecule has 0 spiro atoms. The van der Waals surface area contributed by atoms with Gasteiger partial charge in [0.05, 0.1) is 13.2 Å². The minimum atomic E-state index is -0.938. The maximum atomic E-state index is 11.7. The van der Waals surface area contributed by atoms with Gasteiger partial charge in [0, 0.05) is 33.2 Å². The molecule has 1 unspecified atom stereocenters. The maximum absolute atomic E-state index is 11.7. The lowest BCUT2D eigenvalue weighted by Crippen LogP contribution is -2.54. The average molecular weight is 259 g/mol. The number of nitrogens with two attached hydrogens (primary N) is 1. The Balaban J connectivity index is 2.13. The first kappa shape index (κ1) is 14.9. The van der Waals surface area contributed by atoms with E-state index in [1.54, 1.807) is 7.11 Å². The molecule has 1 heterocycles. The summed E-state index contributed by atoms with van der Waals surface area (Å²) in [6.45, 7) is 1.95. The van der Waals surface area contributed by atoms with Crippen molar-refractivity contribution in [3.8, 4) is 0 Å². The molecule has 7 nitrogen and oxygen atoms in total. The number of rotatable bonds is 7. The number of ether oxygens (including phenoxy) is 2. The van der Waals surface area contributed by atoms with Crippen molar-refractivity contribution in [2.75, 3.05) is 40.0 Å². The molecule has 0 bridgehead atoms. The van der Waals surface area contributed by atoms with Gasteiger partial charge in [-0.3, -0.25) is 9.59 Å². The molecular formula is C11H21N3O4. The highest BCUT2D eigenvalue weighted by Gasteiger charge is 2.37. The minimum Gasteiger partial charge on any atom is -0.383 e. The molecule has 0 saturated carbocycles. The van der Waals surface area contributed by atoms with Crippen LogP contribution in [0.2, 0.25) is 0 Å². The Hall–Kier alpha value is -1.18. The number of nitrogens with one attached hydrogen (secondary N) is 2. The number of hydrogen-bond acceptors (Lipinski definition) is 5. The van der Waals surface area contributed by atoms with Gasteiger partial charge in [-0.05, 0) is 6.42 Å². The van der Waals surface area contributed by atoms with Crippen molar-refractivity contribution >= 4 is 11.8 Å². The van der Waals surface area contributed by atoms with Gasteiger partial charge in [0.25, 0.3) is 0 Å². The number of carbonyl (C=O) groups excluding carboxylic acids is 2. The van der Waals surface area contributed by atoms with Crippen molar-refractivity contribution in [3.63, 3.8) is 0 Å². The Kier molecular flexibility index (Phi) is 6.03. The lowest BCUT2D eigenvalue weighted by atomic mass is 9.99. The van der Waals surface area contributed by atoms with E-state index in [0.29, 0.717) is 26.2 Å². The van der Waals surface area contributed by atoms with Gasteiger partial charge >= 0.3 is 0 Å². The van der Waals surface area contributed by atoms with Crippen LogP contribution in [0.3, 0.4) is 0 Å². The quantitative estimate of drug-likeness (QED) is 0.477. The van der Waals surface area contributed by atoms with Crippen molar-refractivity contribution in [1.29, 1.82) is 0 Å². The van der Waals surface area contributed by atoms with Crippen LogP contribution in [0.1, 0.15) is 12.8 Å². The molecule has 1 fully saturated rings. The highest BCUT2D eigenvalue weighted by Crippen LogP contribution is 2.15. The Bertz CT molecular complexity index is 290. The van der Waals surface area contributed by atoms with Crippen LogP contribution >= 0.6 is 0 Å². The maximum Gasteiger partial charge on any atom is 0.242 e. The molecule has 0 aliphatic carbocycles. The van der Waals surface area contributed by atoms with Gasteiger partial charge in [0.1, 0.15) is 5.54 Å². The van der Waals surface area contributed by atoms with E-state index in [1.807, 2.05) is 0 Å². The Morgan fingerprint density at radius 2 is 2.17 bits per heavy atom. The van der Waals surface area contributed by atoms with Crippen LogP contribution in [-0.4, -0.2) is 57.4 Å². The van der Waals surface area contributed by atoms with E-state index in [0.717, 1.165) is 0 Å². The van der Waals surface area contributed by atoms with E-state index in [1.165, 1.54) is 0 Å². The smallest absolute Gasteiger partial charge is 0.242 e. The van der Waals surface area contributed by atoms with Gasteiger partial charge in [-0.1, -0.05) is 0 Å². The van der Waals surface area contributed by atoms with E-state index in [-0.39, 0.29) is 31.4 Å². The van der Waals surface area contributed by atoms with Crippen molar-refractivity contribution in [1.82, 2.24) is 10.6 Å². The Morgan fingerprint density at radius 1 is 1.39 bits per heavy atom. The summed E-state index contributed by atoms with van der Waals surface area (Å²) in [6, 6.07) is 0. The lowest BCUT2D eigenvalue weighted by Gasteiger charge is -2.20. The molecule has 1 aliphatic rings. The first-order chi connectivity index (χ1) is 8.58. The van der Waals surface area contributed by atoms with Crippen LogP contribution in [0.25, 0.3) is 0 Å². The van der Waals surface area contributed by atoms with Crippen LogP contribution in [-0.2, 0) is 19.1 Å². The molecule has 2 amide bonds. The summed E-state index contributed by atoms with van der Waals surface area (Å²) in [5.41, 5.74) is 4.93. The molecule has 0 aromatic rings. The van der Waals surface area contributed by atoms with E-state index >= 15 is 0 Å². The second-order valence-electron chi connectivity index (χ2n) is 4.31. The summed E-state index contributed by atoms with van der Waals surface area (Å²) in [4.78, 5) is 23.1. The van der Waals surface area contributed by atoms with Gasteiger partial charge in [-0.15, -0.1) is 0 Å². The SMILES string of the molecule is COCCNC(=O)CCNC(=O)C1(N)CCOC1. The van der Waals surface area contributed by atoms with E-state index in [9.17, 15) is 9.59 Å². The highest BCUT2D eigenvalue weighted by atomic mass is 16.5. The normalized spacial score (nSPS) is 22.8. The second kappa shape index (κ2) is 7.30. The molecule has 1 atom stereocenters. The molecule has 0 aromatic heterocycles. The third-order valence-electron chi connectivity index (χ3n) is 2.77. The molecule has 1 saturated heterocycles. The molecule has 0 radical (unpaired) electrons. The summed E-state index contributed by atoms with van der Waals surface area (Å²) in [6.07, 6.45) is 0.741. The van der Waals surface area contributed by atoms with Gasteiger partial charge in [-0.25, -0.2) is 0 Å². The van der Waals surface area contributed by atoms with Gasteiger partial charge in [0.15, 0.2) is 0 Å². The molecule has 1 rings (SSSR count). The van der Waals surface area contributed by atoms with E-state index < -0.39 is 5.54 Å². The number of hydrogen-bond donors (Lipinski definition) is 3. The van der Waals surface area contributed by atoms with Crippen LogP contribution in [0.4, 0.5) is 0 Å². The third kappa shape index (κ3) is 4.59. The summed E-state index contributed by atoms with van der Waals surface area (Å²) in [5.74, 6) is -0.384. The molecule has 0 aromatic carbocycles. The standard InChI is InChI=1S/C11H21N3O4/c1-17-7-5-13-9(15)2-4-14-10(16)11(12)3-6-18-8-11/h2-8,12H2,1H3,(H,13,15)(H,14,16). The molecule has 1 aliphatic heterocycles. The van der Waals surface area contributed by atoms with Gasteiger partial charge in [-0.2, -0.15) is 0 Å². The second-order valence-corrected chi connectivity index (χ2v) is 4.31. The molecule has 18 heavy (non-hydrogen) atoms. The minimum absolute atomic E-state index is 0.124. The summed E-state index contributed by atoms with van der Waals surface area (Å²) >= 11 is 0. The molecule has 7 heteroatoms. The van der Waals surface area contributed by atoms with Crippen LogP contribution < -0.4 is 16.4 Å². The predicted molar refractivity (Wildman–Crippen MR) is 64.9 cm³/mol. The predicted octanol–water partition coefficient (Wildman–Crippen LogP) is -1.63. The fourth-order valence-corrected chi connectivity index (χ4v) is 1.61. The lowest BCUT2D eigenvalue weighted by molar-refractivity contribution is -0.126. The fourth-order valence-electron chi connectivity index (χ4n) is 1.61. The molecule has 104 valence electrons. The zero-order valence-electron chi connectivity index (χ0n) is 10.7. The van der Waals surface area contributed by atoms with E-state index in [2.05, 4.69) is 10.6 Å². The summed E-state index contributed by atoms with van der Waals surface area (Å²) < 4.78 is 9.90.